The van der Waals surface area contributed by atoms with Crippen molar-refractivity contribution in [1.29, 1.82) is 0 Å². The van der Waals surface area contributed by atoms with Crippen LogP contribution in [-0.2, 0) is 6.54 Å². The van der Waals surface area contributed by atoms with Crippen LogP contribution in [0.1, 0.15) is 32.8 Å². The fraction of sp³-hybridized carbons (Fsp3) is 0.538. The van der Waals surface area contributed by atoms with Crippen LogP contribution in [-0.4, -0.2) is 17.5 Å². The van der Waals surface area contributed by atoms with E-state index in [1.807, 2.05) is 0 Å². The van der Waals surface area contributed by atoms with E-state index in [2.05, 4.69) is 25.7 Å². The summed E-state index contributed by atoms with van der Waals surface area (Å²) in [6.45, 7) is 7.96. The molecule has 0 saturated carbocycles. The zero-order valence-electron chi connectivity index (χ0n) is 10.1. The Labute approximate surface area is 96.1 Å². The second kappa shape index (κ2) is 5.94. The van der Waals surface area contributed by atoms with E-state index in [9.17, 15) is 8.78 Å². The van der Waals surface area contributed by atoms with Crippen molar-refractivity contribution in [3.63, 3.8) is 0 Å². The van der Waals surface area contributed by atoms with Crippen molar-refractivity contribution in [2.24, 2.45) is 0 Å². The number of nitrogens with zero attached hydrogens (tertiary/aromatic N) is 1. The molecule has 1 aromatic rings. The number of benzene rings is 1. The Bertz CT molecular complexity index is 337. The van der Waals surface area contributed by atoms with Gasteiger partial charge in [0.05, 0.1) is 0 Å². The van der Waals surface area contributed by atoms with Crippen LogP contribution in [0, 0.1) is 11.6 Å². The highest BCUT2D eigenvalue weighted by Crippen LogP contribution is 2.12. The highest BCUT2D eigenvalue weighted by atomic mass is 19.2. The van der Waals surface area contributed by atoms with Gasteiger partial charge in [-0.05, 0) is 44.5 Å². The van der Waals surface area contributed by atoms with Crippen LogP contribution >= 0.6 is 0 Å². The Morgan fingerprint density at radius 2 is 1.88 bits per heavy atom. The summed E-state index contributed by atoms with van der Waals surface area (Å²) in [4.78, 5) is 2.24. The molecule has 16 heavy (non-hydrogen) atoms. The number of rotatable bonds is 5. The molecule has 3 heteroatoms. The molecule has 0 aliphatic rings. The van der Waals surface area contributed by atoms with Gasteiger partial charge in [-0.25, -0.2) is 8.78 Å². The molecule has 1 aromatic carbocycles. The summed E-state index contributed by atoms with van der Waals surface area (Å²) in [6.07, 6.45) is 1.06. The van der Waals surface area contributed by atoms with Gasteiger partial charge in [0.2, 0.25) is 0 Å². The molecule has 0 aromatic heterocycles. The summed E-state index contributed by atoms with van der Waals surface area (Å²) in [7, 11) is 0. The van der Waals surface area contributed by atoms with E-state index in [1.165, 1.54) is 12.1 Å². The van der Waals surface area contributed by atoms with Crippen LogP contribution in [0.25, 0.3) is 0 Å². The summed E-state index contributed by atoms with van der Waals surface area (Å²) in [5.41, 5.74) is 0.820. The number of hydrogen-bond donors (Lipinski definition) is 0. The molecule has 0 amide bonds. The van der Waals surface area contributed by atoms with Gasteiger partial charge in [-0.2, -0.15) is 0 Å². The molecule has 0 aliphatic carbocycles. The molecule has 0 spiro atoms. The second-order valence-electron chi connectivity index (χ2n) is 4.31. The average Bonchev–Trinajstić information content (AvgIpc) is 2.22. The standard InChI is InChI=1S/C13H19F2N/c1-4-7-16(10(2)3)9-11-5-6-12(14)13(15)8-11/h5-6,8,10H,4,7,9H2,1-3H3. The van der Waals surface area contributed by atoms with E-state index >= 15 is 0 Å². The van der Waals surface area contributed by atoms with Gasteiger partial charge in [0.15, 0.2) is 11.6 Å². The van der Waals surface area contributed by atoms with Crippen molar-refractivity contribution in [3.8, 4) is 0 Å². The molecule has 0 atom stereocenters. The molecule has 90 valence electrons. The molecular weight excluding hydrogens is 208 g/mol. The first-order valence-electron chi connectivity index (χ1n) is 5.72. The molecule has 0 unspecified atom stereocenters. The lowest BCUT2D eigenvalue weighted by molar-refractivity contribution is 0.213. The first kappa shape index (κ1) is 13.1. The van der Waals surface area contributed by atoms with Gasteiger partial charge >= 0.3 is 0 Å². The third-order valence-corrected chi connectivity index (χ3v) is 2.61. The van der Waals surface area contributed by atoms with Crippen LogP contribution in [0.3, 0.4) is 0 Å². The Balaban J connectivity index is 2.73. The predicted octanol–water partition coefficient (Wildman–Crippen LogP) is 3.59. The first-order valence-corrected chi connectivity index (χ1v) is 5.72. The first-order chi connectivity index (χ1) is 7.54. The maximum absolute atomic E-state index is 13.0. The predicted molar refractivity (Wildman–Crippen MR) is 62.2 cm³/mol. The van der Waals surface area contributed by atoms with Crippen molar-refractivity contribution >= 4 is 0 Å². The van der Waals surface area contributed by atoms with E-state index < -0.39 is 11.6 Å². The normalized spacial score (nSPS) is 11.4. The second-order valence-corrected chi connectivity index (χ2v) is 4.31. The smallest absolute Gasteiger partial charge is 0.159 e. The minimum absolute atomic E-state index is 0.410. The summed E-state index contributed by atoms with van der Waals surface area (Å²) >= 11 is 0. The molecule has 1 rings (SSSR count). The third-order valence-electron chi connectivity index (χ3n) is 2.61. The largest absolute Gasteiger partial charge is 0.297 e. The lowest BCUT2D eigenvalue weighted by Crippen LogP contribution is -2.31. The van der Waals surface area contributed by atoms with Crippen LogP contribution in [0.5, 0.6) is 0 Å². The SMILES string of the molecule is CCCN(Cc1ccc(F)c(F)c1)C(C)C. The molecule has 0 radical (unpaired) electrons. The van der Waals surface area contributed by atoms with Crippen molar-refractivity contribution in [1.82, 2.24) is 4.90 Å². The number of hydrogen-bond acceptors (Lipinski definition) is 1. The summed E-state index contributed by atoms with van der Waals surface area (Å²) < 4.78 is 25.8. The lowest BCUT2D eigenvalue weighted by Gasteiger charge is -2.25. The minimum Gasteiger partial charge on any atom is -0.297 e. The number of halogens is 2. The van der Waals surface area contributed by atoms with E-state index in [0.29, 0.717) is 12.6 Å². The molecular formula is C13H19F2N. The molecule has 1 nitrogen and oxygen atoms in total. The fourth-order valence-electron chi connectivity index (χ4n) is 1.68. The van der Waals surface area contributed by atoms with Gasteiger partial charge in [-0.1, -0.05) is 13.0 Å². The van der Waals surface area contributed by atoms with Crippen LogP contribution < -0.4 is 0 Å². The van der Waals surface area contributed by atoms with Crippen LogP contribution in [0.2, 0.25) is 0 Å². The van der Waals surface area contributed by atoms with E-state index in [4.69, 9.17) is 0 Å². The van der Waals surface area contributed by atoms with Gasteiger partial charge in [0, 0.05) is 12.6 Å². The minimum atomic E-state index is -0.782. The van der Waals surface area contributed by atoms with E-state index in [1.54, 1.807) is 6.07 Å². The summed E-state index contributed by atoms with van der Waals surface area (Å²) in [5, 5.41) is 0. The zero-order chi connectivity index (χ0) is 12.1. The van der Waals surface area contributed by atoms with Gasteiger partial charge in [-0.3, -0.25) is 4.90 Å². The Kier molecular flexibility index (Phi) is 4.87. The van der Waals surface area contributed by atoms with Crippen molar-refractivity contribution in [3.05, 3.63) is 35.4 Å². The maximum Gasteiger partial charge on any atom is 0.159 e. The molecule has 0 bridgehead atoms. The summed E-state index contributed by atoms with van der Waals surface area (Å²) in [6, 6.07) is 4.52. The van der Waals surface area contributed by atoms with E-state index in [-0.39, 0.29) is 0 Å². The van der Waals surface area contributed by atoms with Crippen molar-refractivity contribution in [2.75, 3.05) is 6.54 Å². The van der Waals surface area contributed by atoms with Gasteiger partial charge in [0.25, 0.3) is 0 Å². The van der Waals surface area contributed by atoms with Crippen molar-refractivity contribution in [2.45, 2.75) is 39.8 Å². The van der Waals surface area contributed by atoms with Crippen molar-refractivity contribution < 1.29 is 8.78 Å². The lowest BCUT2D eigenvalue weighted by atomic mass is 10.1. The molecule has 0 N–H and O–H groups in total. The molecule has 0 heterocycles. The Morgan fingerprint density at radius 3 is 2.38 bits per heavy atom. The topological polar surface area (TPSA) is 3.24 Å². The third kappa shape index (κ3) is 3.56. The highest BCUT2D eigenvalue weighted by Gasteiger charge is 2.10. The monoisotopic (exact) mass is 227 g/mol. The summed E-state index contributed by atoms with van der Waals surface area (Å²) in [5.74, 6) is -1.55. The Morgan fingerprint density at radius 1 is 1.19 bits per heavy atom. The fourth-order valence-corrected chi connectivity index (χ4v) is 1.68. The highest BCUT2D eigenvalue weighted by molar-refractivity contribution is 5.17. The van der Waals surface area contributed by atoms with E-state index in [0.717, 1.165) is 18.5 Å². The van der Waals surface area contributed by atoms with Crippen LogP contribution in [0.15, 0.2) is 18.2 Å². The zero-order valence-corrected chi connectivity index (χ0v) is 10.1. The molecule has 0 saturated heterocycles. The molecule has 0 fully saturated rings. The molecule has 0 aliphatic heterocycles. The average molecular weight is 227 g/mol. The maximum atomic E-state index is 13.0. The quantitative estimate of drug-likeness (QED) is 0.743. The Hall–Kier alpha value is -0.960. The van der Waals surface area contributed by atoms with Crippen LogP contribution in [0.4, 0.5) is 8.78 Å². The van der Waals surface area contributed by atoms with Gasteiger partial charge in [-0.15, -0.1) is 0 Å². The van der Waals surface area contributed by atoms with Gasteiger partial charge < -0.3 is 0 Å². The van der Waals surface area contributed by atoms with Gasteiger partial charge in [0.1, 0.15) is 0 Å².